The van der Waals surface area contributed by atoms with Gasteiger partial charge in [-0.2, -0.15) is 0 Å². The second-order valence-electron chi connectivity index (χ2n) is 12.0. The molecule has 1 atom stereocenters. The molecule has 0 spiro atoms. The quantitative estimate of drug-likeness (QED) is 0.198. The van der Waals surface area contributed by atoms with E-state index >= 15 is 0 Å². The average Bonchev–Trinajstić information content (AvgIpc) is 2.82. The third-order valence-electron chi connectivity index (χ3n) is 5.84. The third-order valence-corrected chi connectivity index (χ3v) is 7.86. The minimum Gasteiger partial charge on any atom is -0.463 e. The molecular weight excluding hydrogens is 552 g/mol. The van der Waals surface area contributed by atoms with E-state index in [1.165, 1.54) is 7.05 Å². The van der Waals surface area contributed by atoms with Crippen molar-refractivity contribution in [1.29, 1.82) is 0 Å². The number of aliphatic hydroxyl groups is 1. The van der Waals surface area contributed by atoms with Crippen molar-refractivity contribution in [3.63, 3.8) is 0 Å². The zero-order valence-corrected chi connectivity index (χ0v) is 26.5. The maximum absolute atomic E-state index is 13.7. The van der Waals surface area contributed by atoms with Crippen molar-refractivity contribution in [2.75, 3.05) is 45.0 Å². The number of nitrogens with one attached hydrogen (secondary N) is 1. The van der Waals surface area contributed by atoms with Crippen molar-refractivity contribution in [2.45, 2.75) is 66.4 Å². The molecule has 0 bridgehead atoms. The summed E-state index contributed by atoms with van der Waals surface area (Å²) in [6, 6.07) is 6.96. The first-order chi connectivity index (χ1) is 18.7. The van der Waals surface area contributed by atoms with Crippen LogP contribution in [0.3, 0.4) is 0 Å². The topological polar surface area (TPSA) is 149 Å². The maximum Gasteiger partial charge on any atom is 0.428 e. The summed E-state index contributed by atoms with van der Waals surface area (Å²) in [4.78, 5) is 38.3. The standard InChI is InChI=1S/C29H46N2O9S/c1-10-39-24(33)21(2)16-22-12-11-13-23(17-22)29(8,25(34)30-31(9)26(35)40-27(3,4)5)19-38-18-28(6,7)20-41(36,37)15-14-32/h11-13,16-17,32H,10,14-15,18-20H2,1-9H3,(H,30,34). The molecule has 1 unspecified atom stereocenters. The minimum absolute atomic E-state index is 0.00396. The van der Waals surface area contributed by atoms with E-state index in [4.69, 9.17) is 19.3 Å². The molecule has 232 valence electrons. The number of aliphatic hydroxyl groups excluding tert-OH is 1. The first-order valence-electron chi connectivity index (χ1n) is 13.4. The fourth-order valence-corrected chi connectivity index (χ4v) is 5.53. The summed E-state index contributed by atoms with van der Waals surface area (Å²) in [5, 5.41) is 10.0. The summed E-state index contributed by atoms with van der Waals surface area (Å²) in [5.74, 6) is -1.59. The summed E-state index contributed by atoms with van der Waals surface area (Å²) in [6.45, 7) is 13.2. The van der Waals surface area contributed by atoms with Crippen molar-refractivity contribution in [3.05, 3.63) is 41.0 Å². The first kappa shape index (κ1) is 36.1. The number of sulfone groups is 1. The van der Waals surface area contributed by atoms with Crippen LogP contribution in [-0.2, 0) is 39.1 Å². The fraction of sp³-hybridized carbons (Fsp3) is 0.621. The third kappa shape index (κ3) is 12.2. The highest BCUT2D eigenvalue weighted by atomic mass is 32.2. The summed E-state index contributed by atoms with van der Waals surface area (Å²) >= 11 is 0. The van der Waals surface area contributed by atoms with Crippen LogP contribution in [0.2, 0.25) is 0 Å². The molecule has 0 aromatic heterocycles. The van der Waals surface area contributed by atoms with E-state index in [9.17, 15) is 22.8 Å². The number of rotatable bonds is 13. The number of benzene rings is 1. The Bertz CT molecular complexity index is 1200. The van der Waals surface area contributed by atoms with Gasteiger partial charge in [-0.05, 0) is 58.7 Å². The molecule has 0 saturated carbocycles. The molecule has 41 heavy (non-hydrogen) atoms. The molecule has 0 aliphatic carbocycles. The molecule has 1 rings (SSSR count). The maximum atomic E-state index is 13.7. The second-order valence-corrected chi connectivity index (χ2v) is 14.1. The molecule has 0 heterocycles. The van der Waals surface area contributed by atoms with Gasteiger partial charge < -0.3 is 19.3 Å². The molecule has 0 aliphatic rings. The predicted molar refractivity (Wildman–Crippen MR) is 157 cm³/mol. The zero-order chi connectivity index (χ0) is 31.6. The number of ether oxygens (including phenoxy) is 3. The van der Waals surface area contributed by atoms with Gasteiger partial charge in [0.2, 0.25) is 0 Å². The van der Waals surface area contributed by atoms with Crippen LogP contribution < -0.4 is 5.43 Å². The first-order valence-corrected chi connectivity index (χ1v) is 15.2. The molecule has 2 amide bonds. The van der Waals surface area contributed by atoms with Crippen LogP contribution in [0.5, 0.6) is 0 Å². The Labute approximate surface area is 244 Å². The van der Waals surface area contributed by atoms with Crippen LogP contribution >= 0.6 is 0 Å². The van der Waals surface area contributed by atoms with Crippen molar-refractivity contribution < 1.29 is 42.1 Å². The van der Waals surface area contributed by atoms with E-state index in [-0.39, 0.29) is 31.3 Å². The average molecular weight is 599 g/mol. The Morgan fingerprint density at radius 3 is 2.27 bits per heavy atom. The van der Waals surface area contributed by atoms with Gasteiger partial charge in [0.25, 0.3) is 5.91 Å². The smallest absolute Gasteiger partial charge is 0.428 e. The van der Waals surface area contributed by atoms with E-state index < -0.39 is 50.8 Å². The highest BCUT2D eigenvalue weighted by Gasteiger charge is 2.38. The van der Waals surface area contributed by atoms with Gasteiger partial charge >= 0.3 is 12.1 Å². The molecule has 12 heteroatoms. The summed E-state index contributed by atoms with van der Waals surface area (Å²) < 4.78 is 40.9. The number of hydrogen-bond acceptors (Lipinski definition) is 9. The second kappa shape index (κ2) is 14.8. The van der Waals surface area contributed by atoms with E-state index in [0.717, 1.165) is 5.01 Å². The predicted octanol–water partition coefficient (Wildman–Crippen LogP) is 3.26. The van der Waals surface area contributed by atoms with Crippen LogP contribution in [0.4, 0.5) is 4.79 Å². The van der Waals surface area contributed by atoms with Gasteiger partial charge in [0.15, 0.2) is 9.84 Å². The molecule has 1 aromatic rings. The number of carbonyl (C=O) groups is 3. The summed E-state index contributed by atoms with van der Waals surface area (Å²) in [6.07, 6.45) is 0.883. The van der Waals surface area contributed by atoms with Crippen molar-refractivity contribution in [2.24, 2.45) is 5.41 Å². The van der Waals surface area contributed by atoms with Crippen LogP contribution in [0.15, 0.2) is 29.8 Å². The van der Waals surface area contributed by atoms with E-state index in [2.05, 4.69) is 5.43 Å². The largest absolute Gasteiger partial charge is 0.463 e. The molecule has 2 N–H and O–H groups in total. The zero-order valence-electron chi connectivity index (χ0n) is 25.7. The molecule has 1 aromatic carbocycles. The van der Waals surface area contributed by atoms with Crippen LogP contribution in [0.1, 0.15) is 66.5 Å². The normalized spacial score (nSPS) is 14.1. The SMILES string of the molecule is CCOC(=O)C(C)=Cc1cccc(C(C)(COCC(C)(C)CS(=O)(=O)CCO)C(=O)NN(C)C(=O)OC(C)(C)C)c1. The number of amides is 2. The van der Waals surface area contributed by atoms with Crippen molar-refractivity contribution in [3.8, 4) is 0 Å². The van der Waals surface area contributed by atoms with E-state index in [1.807, 2.05) is 0 Å². The molecule has 11 nitrogen and oxygen atoms in total. The van der Waals surface area contributed by atoms with Crippen LogP contribution in [0, 0.1) is 5.41 Å². The van der Waals surface area contributed by atoms with E-state index in [0.29, 0.717) is 16.7 Å². The lowest BCUT2D eigenvalue weighted by Crippen LogP contribution is -2.53. The Hall–Kier alpha value is -2.96. The number of hydrazine groups is 1. The molecule has 0 fully saturated rings. The van der Waals surface area contributed by atoms with Gasteiger partial charge in [-0.1, -0.05) is 38.1 Å². The van der Waals surface area contributed by atoms with Gasteiger partial charge in [0.05, 0.1) is 43.3 Å². The molecule has 0 aliphatic heterocycles. The number of carbonyl (C=O) groups excluding carboxylic acids is 3. The Kier molecular flexibility index (Phi) is 13.0. The Morgan fingerprint density at radius 2 is 1.71 bits per heavy atom. The molecular formula is C29H46N2O9S. The number of nitrogens with zero attached hydrogens (tertiary/aromatic N) is 1. The van der Waals surface area contributed by atoms with Gasteiger partial charge in [0.1, 0.15) is 5.60 Å². The highest BCUT2D eigenvalue weighted by molar-refractivity contribution is 7.91. The summed E-state index contributed by atoms with van der Waals surface area (Å²) in [5.41, 5.74) is 1.18. The lowest BCUT2D eigenvalue weighted by atomic mass is 9.81. The fourth-order valence-electron chi connectivity index (χ4n) is 3.84. The van der Waals surface area contributed by atoms with Gasteiger partial charge in [-0.15, -0.1) is 0 Å². The summed E-state index contributed by atoms with van der Waals surface area (Å²) in [7, 11) is -2.14. The Morgan fingerprint density at radius 1 is 1.07 bits per heavy atom. The van der Waals surface area contributed by atoms with Gasteiger partial charge in [-0.25, -0.2) is 23.0 Å². The Balaban J connectivity index is 3.34. The number of esters is 1. The lowest BCUT2D eigenvalue weighted by molar-refractivity contribution is -0.138. The monoisotopic (exact) mass is 598 g/mol. The van der Waals surface area contributed by atoms with Crippen molar-refractivity contribution in [1.82, 2.24) is 10.4 Å². The van der Waals surface area contributed by atoms with Crippen molar-refractivity contribution >= 4 is 33.9 Å². The highest BCUT2D eigenvalue weighted by Crippen LogP contribution is 2.28. The van der Waals surface area contributed by atoms with Crippen LogP contribution in [-0.4, -0.2) is 87.1 Å². The van der Waals surface area contributed by atoms with Gasteiger partial charge in [-0.3, -0.25) is 10.2 Å². The van der Waals surface area contributed by atoms with Crippen LogP contribution in [0.25, 0.3) is 6.08 Å². The minimum atomic E-state index is -3.50. The lowest BCUT2D eigenvalue weighted by Gasteiger charge is -2.33. The van der Waals surface area contributed by atoms with Gasteiger partial charge in [0, 0.05) is 18.0 Å². The number of hydrogen-bond donors (Lipinski definition) is 2. The van der Waals surface area contributed by atoms with E-state index in [1.54, 1.807) is 85.7 Å². The molecule has 0 saturated heterocycles. The molecule has 0 radical (unpaired) electrons.